The summed E-state index contributed by atoms with van der Waals surface area (Å²) in [4.78, 5) is 0. The molecule has 0 heterocycles. The lowest BCUT2D eigenvalue weighted by Gasteiger charge is -2.35. The molecule has 0 amide bonds. The normalized spacial score (nSPS) is 35.8. The lowest BCUT2D eigenvalue weighted by Crippen LogP contribution is -2.38. The van der Waals surface area contributed by atoms with E-state index >= 15 is 0 Å². The first-order chi connectivity index (χ1) is 5.07. The minimum absolute atomic E-state index is 0. The van der Waals surface area contributed by atoms with Gasteiger partial charge in [0.2, 0.25) is 0 Å². The standard InChI is InChI=1S/C9H14ClN.ClH/c1-7-5-3-4-6-9(7,2)8(10)11;/h3-8H,11H2,1-2H3;1H. The second-order valence-corrected chi connectivity index (χ2v) is 3.77. The average Bonchev–Trinajstić information content (AvgIpc) is 1.95. The summed E-state index contributed by atoms with van der Waals surface area (Å²) < 4.78 is 0. The second-order valence-electron chi connectivity index (χ2n) is 3.30. The van der Waals surface area contributed by atoms with Gasteiger partial charge in [-0.25, -0.2) is 0 Å². The van der Waals surface area contributed by atoms with E-state index in [4.69, 9.17) is 17.3 Å². The van der Waals surface area contributed by atoms with Crippen molar-refractivity contribution in [1.29, 1.82) is 0 Å². The maximum Gasteiger partial charge on any atom is 0.0895 e. The van der Waals surface area contributed by atoms with Crippen molar-refractivity contribution >= 4 is 24.0 Å². The Balaban J connectivity index is 0.00000121. The predicted molar refractivity (Wildman–Crippen MR) is 56.6 cm³/mol. The molecular formula is C9H15Cl2N. The molecule has 1 aliphatic carbocycles. The van der Waals surface area contributed by atoms with Crippen molar-refractivity contribution < 1.29 is 0 Å². The highest BCUT2D eigenvalue weighted by Gasteiger charge is 2.33. The van der Waals surface area contributed by atoms with Crippen LogP contribution < -0.4 is 5.73 Å². The molecule has 2 N–H and O–H groups in total. The molecule has 70 valence electrons. The average molecular weight is 208 g/mol. The number of hydrogen-bond acceptors (Lipinski definition) is 1. The van der Waals surface area contributed by atoms with Crippen LogP contribution in [0.15, 0.2) is 24.3 Å². The number of allylic oxidation sites excluding steroid dienone is 3. The van der Waals surface area contributed by atoms with E-state index in [0.29, 0.717) is 5.92 Å². The minimum atomic E-state index is -0.307. The molecule has 0 spiro atoms. The Hall–Kier alpha value is 0.0200. The first kappa shape index (κ1) is 12.0. The van der Waals surface area contributed by atoms with Crippen molar-refractivity contribution in [3.8, 4) is 0 Å². The summed E-state index contributed by atoms with van der Waals surface area (Å²) in [6.45, 7) is 4.21. The molecule has 1 aliphatic rings. The fraction of sp³-hybridized carbons (Fsp3) is 0.556. The van der Waals surface area contributed by atoms with Crippen LogP contribution in [0.1, 0.15) is 13.8 Å². The zero-order valence-corrected chi connectivity index (χ0v) is 8.90. The molecule has 0 saturated heterocycles. The van der Waals surface area contributed by atoms with E-state index in [2.05, 4.69) is 26.0 Å². The van der Waals surface area contributed by atoms with Crippen LogP contribution in [0.25, 0.3) is 0 Å². The van der Waals surface area contributed by atoms with Crippen LogP contribution in [0, 0.1) is 11.3 Å². The van der Waals surface area contributed by atoms with Crippen LogP contribution in [0.4, 0.5) is 0 Å². The van der Waals surface area contributed by atoms with Gasteiger partial charge in [0, 0.05) is 5.41 Å². The highest BCUT2D eigenvalue weighted by Crippen LogP contribution is 2.36. The third kappa shape index (κ3) is 2.03. The fourth-order valence-corrected chi connectivity index (χ4v) is 1.47. The van der Waals surface area contributed by atoms with E-state index in [0.717, 1.165) is 0 Å². The van der Waals surface area contributed by atoms with Gasteiger partial charge in [0.05, 0.1) is 5.50 Å². The van der Waals surface area contributed by atoms with Crippen molar-refractivity contribution in [3.63, 3.8) is 0 Å². The van der Waals surface area contributed by atoms with Gasteiger partial charge in [-0.1, -0.05) is 38.2 Å². The smallest absolute Gasteiger partial charge is 0.0895 e. The largest absolute Gasteiger partial charge is 0.315 e. The molecule has 1 rings (SSSR count). The summed E-state index contributed by atoms with van der Waals surface area (Å²) in [5.74, 6) is 0.417. The summed E-state index contributed by atoms with van der Waals surface area (Å²) in [5, 5.41) is 0. The van der Waals surface area contributed by atoms with Crippen LogP contribution in [0.5, 0.6) is 0 Å². The maximum atomic E-state index is 5.89. The first-order valence-electron chi connectivity index (χ1n) is 3.83. The van der Waals surface area contributed by atoms with E-state index in [1.807, 2.05) is 12.2 Å². The van der Waals surface area contributed by atoms with E-state index in [1.165, 1.54) is 0 Å². The Bertz CT molecular complexity index is 199. The van der Waals surface area contributed by atoms with E-state index in [9.17, 15) is 0 Å². The van der Waals surface area contributed by atoms with Crippen molar-refractivity contribution in [1.82, 2.24) is 0 Å². The minimum Gasteiger partial charge on any atom is -0.315 e. The van der Waals surface area contributed by atoms with Crippen molar-refractivity contribution in [3.05, 3.63) is 24.3 Å². The number of alkyl halides is 1. The third-order valence-corrected chi connectivity index (χ3v) is 3.01. The summed E-state index contributed by atoms with van der Waals surface area (Å²) in [6, 6.07) is 0. The molecule has 0 aromatic rings. The highest BCUT2D eigenvalue weighted by atomic mass is 35.5. The molecular weight excluding hydrogens is 193 g/mol. The van der Waals surface area contributed by atoms with Crippen LogP contribution >= 0.6 is 24.0 Å². The summed E-state index contributed by atoms with van der Waals surface area (Å²) in [5.41, 5.74) is 5.28. The van der Waals surface area contributed by atoms with E-state index in [1.54, 1.807) is 0 Å². The molecule has 3 unspecified atom stereocenters. The third-order valence-electron chi connectivity index (χ3n) is 2.54. The van der Waals surface area contributed by atoms with Crippen molar-refractivity contribution in [2.75, 3.05) is 0 Å². The Morgan fingerprint density at radius 1 is 1.50 bits per heavy atom. The quantitative estimate of drug-likeness (QED) is 0.520. The molecule has 0 aromatic carbocycles. The Morgan fingerprint density at radius 2 is 2.08 bits per heavy atom. The number of halogens is 2. The zero-order valence-electron chi connectivity index (χ0n) is 7.33. The Morgan fingerprint density at radius 3 is 2.42 bits per heavy atom. The molecule has 3 heteroatoms. The van der Waals surface area contributed by atoms with Gasteiger partial charge < -0.3 is 5.73 Å². The highest BCUT2D eigenvalue weighted by molar-refractivity contribution is 6.20. The lowest BCUT2D eigenvalue weighted by molar-refractivity contribution is 0.312. The molecule has 0 saturated carbocycles. The Kier molecular flexibility index (Phi) is 4.32. The predicted octanol–water partition coefficient (Wildman–Crippen LogP) is 2.70. The van der Waals surface area contributed by atoms with Crippen molar-refractivity contribution in [2.45, 2.75) is 19.3 Å². The number of hydrogen-bond donors (Lipinski definition) is 1. The van der Waals surface area contributed by atoms with Gasteiger partial charge in [0.1, 0.15) is 0 Å². The van der Waals surface area contributed by atoms with Gasteiger partial charge in [-0.2, -0.15) is 0 Å². The second kappa shape index (κ2) is 4.31. The zero-order chi connectivity index (χ0) is 8.48. The van der Waals surface area contributed by atoms with Crippen molar-refractivity contribution in [2.24, 2.45) is 17.1 Å². The van der Waals surface area contributed by atoms with Gasteiger partial charge in [0.15, 0.2) is 0 Å². The van der Waals surface area contributed by atoms with Crippen LogP contribution in [0.3, 0.4) is 0 Å². The summed E-state index contributed by atoms with van der Waals surface area (Å²) >= 11 is 5.89. The molecule has 0 bridgehead atoms. The summed E-state index contributed by atoms with van der Waals surface area (Å²) in [6.07, 6.45) is 8.24. The topological polar surface area (TPSA) is 26.0 Å². The van der Waals surface area contributed by atoms with Gasteiger partial charge in [-0.3, -0.25) is 0 Å². The molecule has 0 radical (unpaired) electrons. The summed E-state index contributed by atoms with van der Waals surface area (Å²) in [7, 11) is 0. The lowest BCUT2D eigenvalue weighted by atomic mass is 9.75. The first-order valence-corrected chi connectivity index (χ1v) is 4.26. The number of nitrogens with two attached hydrogens (primary N) is 1. The SMILES string of the molecule is CC1C=CC=CC1(C)C(N)Cl.Cl. The van der Waals surface area contributed by atoms with Gasteiger partial charge in [0.25, 0.3) is 0 Å². The monoisotopic (exact) mass is 207 g/mol. The van der Waals surface area contributed by atoms with Gasteiger partial charge in [-0.05, 0) is 5.92 Å². The number of rotatable bonds is 1. The fourth-order valence-electron chi connectivity index (χ4n) is 1.20. The molecule has 0 aliphatic heterocycles. The van der Waals surface area contributed by atoms with Crippen LogP contribution in [0.2, 0.25) is 0 Å². The molecule has 12 heavy (non-hydrogen) atoms. The Labute approximate surface area is 85.1 Å². The van der Waals surface area contributed by atoms with Gasteiger partial charge >= 0.3 is 0 Å². The van der Waals surface area contributed by atoms with E-state index in [-0.39, 0.29) is 23.3 Å². The molecule has 3 atom stereocenters. The molecule has 0 fully saturated rings. The van der Waals surface area contributed by atoms with Gasteiger partial charge in [-0.15, -0.1) is 24.0 Å². The van der Waals surface area contributed by atoms with E-state index < -0.39 is 0 Å². The molecule has 0 aromatic heterocycles. The van der Waals surface area contributed by atoms with Crippen LogP contribution in [-0.4, -0.2) is 5.50 Å². The molecule has 1 nitrogen and oxygen atoms in total. The van der Waals surface area contributed by atoms with Crippen LogP contribution in [-0.2, 0) is 0 Å². The maximum absolute atomic E-state index is 5.89.